The number of carbonyl (C=O) groups is 1. The van der Waals surface area contributed by atoms with Gasteiger partial charge < -0.3 is 9.64 Å². The summed E-state index contributed by atoms with van der Waals surface area (Å²) in [4.78, 5) is 14.1. The van der Waals surface area contributed by atoms with E-state index in [1.54, 1.807) is 4.90 Å². The molecule has 3 nitrogen and oxygen atoms in total. The predicted molar refractivity (Wildman–Crippen MR) is 77.6 cm³/mol. The van der Waals surface area contributed by atoms with Crippen molar-refractivity contribution in [1.82, 2.24) is 0 Å². The van der Waals surface area contributed by atoms with Gasteiger partial charge in [-0.2, -0.15) is 13.2 Å². The second-order valence-corrected chi connectivity index (χ2v) is 5.53. The lowest BCUT2D eigenvalue weighted by molar-refractivity contribution is -0.137. The number of nitrogens with zero attached hydrogens (tertiary/aromatic N) is 1. The first-order chi connectivity index (χ1) is 10.3. The number of carbonyl (C=O) groups excluding carboxylic acids is 1. The van der Waals surface area contributed by atoms with Gasteiger partial charge in [-0.1, -0.05) is 0 Å². The summed E-state index contributed by atoms with van der Waals surface area (Å²) in [5.41, 5.74) is -0.209. The van der Waals surface area contributed by atoms with Gasteiger partial charge >= 0.3 is 6.18 Å². The Bertz CT molecular complexity index is 513. The molecule has 0 aromatic heterocycles. The smallest absolute Gasteiger partial charge is 0.378 e. The zero-order chi connectivity index (χ0) is 16.3. The van der Waals surface area contributed by atoms with E-state index >= 15 is 0 Å². The number of anilines is 1. The Morgan fingerprint density at radius 2 is 1.95 bits per heavy atom. The molecule has 0 unspecified atom stereocenters. The Morgan fingerprint density at radius 1 is 1.32 bits per heavy atom. The molecule has 0 N–H and O–H groups in total. The monoisotopic (exact) mass is 315 g/mol. The minimum atomic E-state index is -4.37. The summed E-state index contributed by atoms with van der Waals surface area (Å²) in [6.07, 6.45) is -3.03. The van der Waals surface area contributed by atoms with E-state index < -0.39 is 11.7 Å². The Morgan fingerprint density at radius 3 is 2.45 bits per heavy atom. The number of hydrogen-bond donors (Lipinski definition) is 0. The van der Waals surface area contributed by atoms with Gasteiger partial charge in [-0.25, -0.2) is 0 Å². The van der Waals surface area contributed by atoms with Crippen molar-refractivity contribution in [3.05, 3.63) is 29.8 Å². The van der Waals surface area contributed by atoms with Gasteiger partial charge in [0.15, 0.2) is 0 Å². The van der Waals surface area contributed by atoms with Crippen LogP contribution in [-0.2, 0) is 15.7 Å². The topological polar surface area (TPSA) is 29.5 Å². The van der Waals surface area contributed by atoms with Crippen LogP contribution in [0, 0.1) is 5.92 Å². The highest BCUT2D eigenvalue weighted by Crippen LogP contribution is 2.31. The highest BCUT2D eigenvalue weighted by Gasteiger charge is 2.32. The minimum Gasteiger partial charge on any atom is -0.378 e. The summed E-state index contributed by atoms with van der Waals surface area (Å²) >= 11 is 0. The molecule has 1 aliphatic heterocycles. The highest BCUT2D eigenvalue weighted by atomic mass is 19.4. The number of benzene rings is 1. The fourth-order valence-electron chi connectivity index (χ4n) is 2.74. The van der Waals surface area contributed by atoms with Gasteiger partial charge in [-0.15, -0.1) is 0 Å². The van der Waals surface area contributed by atoms with Crippen LogP contribution in [0.2, 0.25) is 0 Å². The van der Waals surface area contributed by atoms with Gasteiger partial charge in [-0.3, -0.25) is 4.79 Å². The zero-order valence-corrected chi connectivity index (χ0v) is 12.7. The summed E-state index contributed by atoms with van der Waals surface area (Å²) in [5.74, 6) is -0.177. The first-order valence-electron chi connectivity index (χ1n) is 7.43. The van der Waals surface area contributed by atoms with Crippen LogP contribution in [0.1, 0.15) is 32.3 Å². The predicted octanol–water partition coefficient (Wildman–Crippen LogP) is 3.87. The summed E-state index contributed by atoms with van der Waals surface area (Å²) in [5, 5.41) is 0. The van der Waals surface area contributed by atoms with Gasteiger partial charge in [0.25, 0.3) is 0 Å². The maximum atomic E-state index is 12.6. The number of alkyl halides is 3. The molecule has 1 heterocycles. The van der Waals surface area contributed by atoms with Crippen molar-refractivity contribution in [3.8, 4) is 0 Å². The normalized spacial score (nSPS) is 22.4. The van der Waals surface area contributed by atoms with Crippen molar-refractivity contribution < 1.29 is 22.7 Å². The Labute approximate surface area is 128 Å². The average Bonchev–Trinajstić information content (AvgIpc) is 2.47. The standard InChI is InChI=1S/C16H20F3NO2/c1-3-20(15(21)12-8-9-22-11(2)10-12)14-6-4-13(5-7-14)16(17,18)19/h4-7,11-12H,3,8-10H2,1-2H3/t11-,12+/m0/s1. The Balaban J connectivity index is 2.15. The minimum absolute atomic E-state index is 0.0361. The third-order valence-corrected chi connectivity index (χ3v) is 3.92. The molecule has 0 aliphatic carbocycles. The Hall–Kier alpha value is -1.56. The molecule has 1 aromatic carbocycles. The number of halogens is 3. The lowest BCUT2D eigenvalue weighted by atomic mass is 9.94. The molecule has 1 saturated heterocycles. The van der Waals surface area contributed by atoms with Gasteiger partial charge in [0, 0.05) is 24.8 Å². The summed E-state index contributed by atoms with van der Waals surface area (Å²) < 4.78 is 43.2. The third kappa shape index (κ3) is 3.80. The Kier molecular flexibility index (Phi) is 5.11. The SMILES string of the molecule is CCN(C(=O)[C@@H]1CCO[C@@H](C)C1)c1ccc(C(F)(F)F)cc1. The van der Waals surface area contributed by atoms with Gasteiger partial charge in [0.1, 0.15) is 0 Å². The van der Waals surface area contributed by atoms with Gasteiger partial charge in [0.2, 0.25) is 5.91 Å². The molecule has 2 atom stereocenters. The van der Waals surface area contributed by atoms with Crippen molar-refractivity contribution in [2.45, 2.75) is 39.0 Å². The number of ether oxygens (including phenoxy) is 1. The molecule has 22 heavy (non-hydrogen) atoms. The second kappa shape index (κ2) is 6.69. The lowest BCUT2D eigenvalue weighted by Crippen LogP contribution is -2.40. The molecule has 6 heteroatoms. The summed E-state index contributed by atoms with van der Waals surface area (Å²) in [6, 6.07) is 4.73. The van der Waals surface area contributed by atoms with Crippen LogP contribution < -0.4 is 4.90 Å². The largest absolute Gasteiger partial charge is 0.416 e. The first kappa shape index (κ1) is 16.8. The highest BCUT2D eigenvalue weighted by molar-refractivity contribution is 5.95. The molecule has 1 aromatic rings. The van der Waals surface area contributed by atoms with E-state index in [-0.39, 0.29) is 17.9 Å². The average molecular weight is 315 g/mol. The van der Waals surface area contributed by atoms with Crippen LogP contribution in [0.15, 0.2) is 24.3 Å². The van der Waals surface area contributed by atoms with Crippen LogP contribution in [0.3, 0.4) is 0 Å². The quantitative estimate of drug-likeness (QED) is 0.847. The maximum absolute atomic E-state index is 12.6. The number of amides is 1. The van der Waals surface area contributed by atoms with Crippen molar-refractivity contribution >= 4 is 11.6 Å². The third-order valence-electron chi connectivity index (χ3n) is 3.92. The van der Waals surface area contributed by atoms with Crippen molar-refractivity contribution in [2.75, 3.05) is 18.1 Å². The summed E-state index contributed by atoms with van der Waals surface area (Å²) in [7, 11) is 0. The van der Waals surface area contributed by atoms with Crippen LogP contribution >= 0.6 is 0 Å². The van der Waals surface area contributed by atoms with Crippen LogP contribution in [0.25, 0.3) is 0 Å². The molecule has 1 fully saturated rings. The fraction of sp³-hybridized carbons (Fsp3) is 0.562. The first-order valence-corrected chi connectivity index (χ1v) is 7.43. The van der Waals surface area contributed by atoms with Gasteiger partial charge in [0.05, 0.1) is 11.7 Å². The van der Waals surface area contributed by atoms with E-state index in [0.29, 0.717) is 31.7 Å². The molecule has 122 valence electrons. The number of hydrogen-bond acceptors (Lipinski definition) is 2. The summed E-state index contributed by atoms with van der Waals surface area (Å²) in [6.45, 7) is 4.71. The van der Waals surface area contributed by atoms with Crippen LogP contribution in [-0.4, -0.2) is 25.2 Å². The fourth-order valence-corrected chi connectivity index (χ4v) is 2.74. The molecule has 0 radical (unpaired) electrons. The molecule has 0 saturated carbocycles. The maximum Gasteiger partial charge on any atom is 0.416 e. The lowest BCUT2D eigenvalue weighted by Gasteiger charge is -2.31. The van der Waals surface area contributed by atoms with E-state index in [4.69, 9.17) is 4.74 Å². The molecule has 0 spiro atoms. The molecular weight excluding hydrogens is 295 g/mol. The zero-order valence-electron chi connectivity index (χ0n) is 12.7. The number of rotatable bonds is 3. The molecule has 2 rings (SSSR count). The molecule has 1 amide bonds. The van der Waals surface area contributed by atoms with Crippen LogP contribution in [0.4, 0.5) is 18.9 Å². The van der Waals surface area contributed by atoms with Gasteiger partial charge in [-0.05, 0) is 51.0 Å². The van der Waals surface area contributed by atoms with E-state index in [2.05, 4.69) is 0 Å². The van der Waals surface area contributed by atoms with Crippen molar-refractivity contribution in [2.24, 2.45) is 5.92 Å². The van der Waals surface area contributed by atoms with Crippen LogP contribution in [0.5, 0.6) is 0 Å². The van der Waals surface area contributed by atoms with Crippen molar-refractivity contribution in [3.63, 3.8) is 0 Å². The van der Waals surface area contributed by atoms with E-state index in [9.17, 15) is 18.0 Å². The van der Waals surface area contributed by atoms with Crippen molar-refractivity contribution in [1.29, 1.82) is 0 Å². The molecular formula is C16H20F3NO2. The van der Waals surface area contributed by atoms with E-state index in [1.165, 1.54) is 12.1 Å². The second-order valence-electron chi connectivity index (χ2n) is 5.53. The molecule has 1 aliphatic rings. The van der Waals surface area contributed by atoms with E-state index in [0.717, 1.165) is 12.1 Å². The molecule has 0 bridgehead atoms. The van der Waals surface area contributed by atoms with E-state index in [1.807, 2.05) is 13.8 Å².